The van der Waals surface area contributed by atoms with Crippen molar-refractivity contribution >= 4 is 11.9 Å². The van der Waals surface area contributed by atoms with E-state index in [2.05, 4.69) is 15.0 Å². The normalized spacial score (nSPS) is 20.7. The third-order valence-electron chi connectivity index (χ3n) is 2.90. The summed E-state index contributed by atoms with van der Waals surface area (Å²) >= 11 is 0. The van der Waals surface area contributed by atoms with Crippen LogP contribution in [-0.4, -0.2) is 46.9 Å². The van der Waals surface area contributed by atoms with Gasteiger partial charge in [0.25, 0.3) is 0 Å². The van der Waals surface area contributed by atoms with E-state index in [0.29, 0.717) is 0 Å². The number of nitrogen functional groups attached to an aromatic ring is 1. The van der Waals surface area contributed by atoms with Crippen LogP contribution in [-0.2, 0) is 10.7 Å². The first kappa shape index (κ1) is 15.6. The van der Waals surface area contributed by atoms with Gasteiger partial charge in [-0.1, -0.05) is 0 Å². The Morgan fingerprint density at radius 3 is 2.43 bits per heavy atom. The maximum Gasteiger partial charge on any atom is 0.461 e. The van der Waals surface area contributed by atoms with Gasteiger partial charge < -0.3 is 15.4 Å². The van der Waals surface area contributed by atoms with E-state index >= 15 is 0 Å². The Bertz CT molecular complexity index is 523. The topological polar surface area (TPSA) is 77.2 Å². The van der Waals surface area contributed by atoms with Crippen molar-refractivity contribution in [3.63, 3.8) is 0 Å². The number of hydrogen-bond donors (Lipinski definition) is 1. The number of nitrogens with two attached hydrogens (primary N) is 1. The number of anilines is 2. The molecular formula is C10H12F5N5O. The molecule has 0 unspecified atom stereocenters. The fraction of sp³-hybridized carbons (Fsp3) is 0.700. The molecule has 11 heteroatoms. The number of rotatable bonds is 2. The molecule has 0 amide bonds. The van der Waals surface area contributed by atoms with Crippen molar-refractivity contribution < 1.29 is 26.7 Å². The molecule has 21 heavy (non-hydrogen) atoms. The van der Waals surface area contributed by atoms with Gasteiger partial charge in [0.1, 0.15) is 0 Å². The van der Waals surface area contributed by atoms with Crippen LogP contribution in [0.25, 0.3) is 0 Å². The molecule has 6 nitrogen and oxygen atoms in total. The number of alkyl halides is 5. The Kier molecular flexibility index (Phi) is 3.87. The lowest BCUT2D eigenvalue weighted by Crippen LogP contribution is -2.45. The van der Waals surface area contributed by atoms with Crippen molar-refractivity contribution in [1.29, 1.82) is 0 Å². The third kappa shape index (κ3) is 2.96. The Morgan fingerprint density at radius 2 is 1.86 bits per heavy atom. The Hall–Kier alpha value is -1.78. The van der Waals surface area contributed by atoms with Gasteiger partial charge in [0.15, 0.2) is 0 Å². The molecule has 1 aliphatic heterocycles. The lowest BCUT2D eigenvalue weighted by molar-refractivity contribution is -0.292. The highest BCUT2D eigenvalue weighted by Gasteiger charge is 2.61. The van der Waals surface area contributed by atoms with Crippen LogP contribution in [0.15, 0.2) is 0 Å². The molecule has 1 aromatic heterocycles. The van der Waals surface area contributed by atoms with Crippen LogP contribution in [0.5, 0.6) is 0 Å². The summed E-state index contributed by atoms with van der Waals surface area (Å²) in [7, 11) is 0. The highest BCUT2D eigenvalue weighted by Crippen LogP contribution is 2.42. The summed E-state index contributed by atoms with van der Waals surface area (Å²) in [5.41, 5.74) is 5.23. The zero-order valence-electron chi connectivity index (χ0n) is 10.9. The second-order valence-electron chi connectivity index (χ2n) is 4.51. The maximum absolute atomic E-state index is 13.3. The molecule has 118 valence electrons. The molecule has 2 rings (SSSR count). The van der Waals surface area contributed by atoms with Crippen LogP contribution in [0.2, 0.25) is 0 Å². The molecule has 1 aromatic rings. The minimum absolute atomic E-state index is 0.252. The molecule has 0 aromatic carbocycles. The Morgan fingerprint density at radius 1 is 1.19 bits per heavy atom. The standard InChI is InChI=1S/C10H12F5N5O/c1-5-4-21-3-2-20(5)8-18-6(17-7(16)19-8)9(11,12)10(13,14)15/h5H,2-4H2,1H3,(H2,16,17,18,19)/t5-/m1/s1. The molecule has 0 saturated carbocycles. The molecule has 1 atom stereocenters. The zero-order valence-corrected chi connectivity index (χ0v) is 10.9. The summed E-state index contributed by atoms with van der Waals surface area (Å²) < 4.78 is 68.9. The first-order valence-corrected chi connectivity index (χ1v) is 5.94. The van der Waals surface area contributed by atoms with Gasteiger partial charge in [-0.15, -0.1) is 0 Å². The van der Waals surface area contributed by atoms with E-state index in [1.807, 2.05) is 0 Å². The molecule has 1 saturated heterocycles. The SMILES string of the molecule is C[C@@H]1COCCN1c1nc(N)nc(C(F)(F)C(F)(F)F)n1. The fourth-order valence-corrected chi connectivity index (χ4v) is 1.80. The molecule has 0 spiro atoms. The van der Waals surface area contributed by atoms with Gasteiger partial charge in [0.2, 0.25) is 17.7 Å². The summed E-state index contributed by atoms with van der Waals surface area (Å²) in [5, 5.41) is 0. The van der Waals surface area contributed by atoms with Gasteiger partial charge in [-0.25, -0.2) is 0 Å². The molecule has 0 aliphatic carbocycles. The van der Waals surface area contributed by atoms with E-state index in [1.165, 1.54) is 4.90 Å². The second-order valence-corrected chi connectivity index (χ2v) is 4.51. The summed E-state index contributed by atoms with van der Waals surface area (Å²) in [6.45, 7) is 2.50. The number of hydrogen-bond acceptors (Lipinski definition) is 6. The van der Waals surface area contributed by atoms with Crippen molar-refractivity contribution in [2.24, 2.45) is 0 Å². The van der Waals surface area contributed by atoms with E-state index in [0.717, 1.165) is 0 Å². The Labute approximate surface area is 116 Å². The molecule has 0 bridgehead atoms. The van der Waals surface area contributed by atoms with Crippen molar-refractivity contribution in [1.82, 2.24) is 15.0 Å². The fourth-order valence-electron chi connectivity index (χ4n) is 1.80. The number of morpholine rings is 1. The lowest BCUT2D eigenvalue weighted by atomic mass is 10.2. The first-order valence-electron chi connectivity index (χ1n) is 5.94. The van der Waals surface area contributed by atoms with E-state index in [9.17, 15) is 22.0 Å². The van der Waals surface area contributed by atoms with Crippen molar-refractivity contribution in [2.75, 3.05) is 30.4 Å². The predicted molar refractivity (Wildman–Crippen MR) is 61.8 cm³/mol. The first-order chi connectivity index (χ1) is 9.63. The predicted octanol–water partition coefficient (Wildman–Crippen LogP) is 1.33. The molecule has 1 aliphatic rings. The van der Waals surface area contributed by atoms with Crippen LogP contribution in [0, 0.1) is 0 Å². The summed E-state index contributed by atoms with van der Waals surface area (Å²) in [6.07, 6.45) is -5.81. The molecule has 2 N–H and O–H groups in total. The second kappa shape index (κ2) is 5.20. The lowest BCUT2D eigenvalue weighted by Gasteiger charge is -2.33. The summed E-state index contributed by atoms with van der Waals surface area (Å²) in [6, 6.07) is -0.284. The van der Waals surface area contributed by atoms with Crippen molar-refractivity contribution in [3.8, 4) is 0 Å². The largest absolute Gasteiger partial charge is 0.461 e. The van der Waals surface area contributed by atoms with Crippen LogP contribution < -0.4 is 10.6 Å². The Balaban J connectivity index is 2.42. The summed E-state index contributed by atoms with van der Waals surface area (Å²) in [5.74, 6) is -7.93. The van der Waals surface area contributed by atoms with E-state index in [-0.39, 0.29) is 31.7 Å². The molecule has 1 fully saturated rings. The van der Waals surface area contributed by atoms with Crippen molar-refractivity contribution in [2.45, 2.75) is 25.1 Å². The monoisotopic (exact) mass is 313 g/mol. The average Bonchev–Trinajstić information content (AvgIpc) is 2.37. The van der Waals surface area contributed by atoms with E-state index < -0.39 is 23.9 Å². The van der Waals surface area contributed by atoms with Gasteiger partial charge in [-0.2, -0.15) is 36.9 Å². The highest BCUT2D eigenvalue weighted by atomic mass is 19.4. The molecule has 0 radical (unpaired) electrons. The van der Waals surface area contributed by atoms with Gasteiger partial charge >= 0.3 is 12.1 Å². The smallest absolute Gasteiger partial charge is 0.377 e. The van der Waals surface area contributed by atoms with E-state index in [4.69, 9.17) is 10.5 Å². The molecule has 2 heterocycles. The van der Waals surface area contributed by atoms with Gasteiger partial charge in [-0.3, -0.25) is 0 Å². The number of ether oxygens (including phenoxy) is 1. The van der Waals surface area contributed by atoms with Gasteiger partial charge in [-0.05, 0) is 6.92 Å². The zero-order chi connectivity index (χ0) is 15.8. The summed E-state index contributed by atoms with van der Waals surface area (Å²) in [4.78, 5) is 11.2. The maximum atomic E-state index is 13.3. The van der Waals surface area contributed by atoms with Gasteiger partial charge in [0, 0.05) is 6.54 Å². The van der Waals surface area contributed by atoms with Crippen molar-refractivity contribution in [3.05, 3.63) is 5.82 Å². The van der Waals surface area contributed by atoms with E-state index in [1.54, 1.807) is 6.92 Å². The third-order valence-corrected chi connectivity index (χ3v) is 2.90. The number of halogens is 5. The quantitative estimate of drug-likeness (QED) is 0.830. The van der Waals surface area contributed by atoms with Gasteiger partial charge in [0.05, 0.1) is 19.3 Å². The number of nitrogens with zero attached hydrogens (tertiary/aromatic N) is 4. The highest BCUT2D eigenvalue weighted by molar-refractivity contribution is 5.37. The minimum Gasteiger partial charge on any atom is -0.377 e. The van der Waals surface area contributed by atoms with Crippen LogP contribution in [0.3, 0.4) is 0 Å². The van der Waals surface area contributed by atoms with Crippen LogP contribution in [0.1, 0.15) is 12.7 Å². The average molecular weight is 313 g/mol. The van der Waals surface area contributed by atoms with Crippen LogP contribution in [0.4, 0.5) is 33.8 Å². The molecular weight excluding hydrogens is 301 g/mol. The number of aromatic nitrogens is 3. The van der Waals surface area contributed by atoms with Crippen LogP contribution >= 0.6 is 0 Å². The minimum atomic E-state index is -5.81.